The summed E-state index contributed by atoms with van der Waals surface area (Å²) in [6.07, 6.45) is 3.53. The molecule has 2 unspecified atom stereocenters. The van der Waals surface area contributed by atoms with E-state index in [1.807, 2.05) is 19.1 Å². The summed E-state index contributed by atoms with van der Waals surface area (Å²) >= 11 is 0. The summed E-state index contributed by atoms with van der Waals surface area (Å²) in [5, 5.41) is 10.1. The first kappa shape index (κ1) is 12.0. The fraction of sp³-hybridized carbons (Fsp3) is 0.600. The van der Waals surface area contributed by atoms with Crippen molar-refractivity contribution in [2.75, 3.05) is 18.0 Å². The van der Waals surface area contributed by atoms with Gasteiger partial charge in [-0.1, -0.05) is 25.1 Å². The van der Waals surface area contributed by atoms with Crippen molar-refractivity contribution in [2.24, 2.45) is 0 Å². The molecule has 3 nitrogen and oxygen atoms in total. The Morgan fingerprint density at radius 2 is 1.94 bits per heavy atom. The van der Waals surface area contributed by atoms with Crippen molar-refractivity contribution in [1.82, 2.24) is 0 Å². The number of morpholine rings is 1. The molecule has 1 aromatic rings. The third kappa shape index (κ3) is 2.13. The van der Waals surface area contributed by atoms with E-state index in [0.29, 0.717) is 12.2 Å². The third-order valence-electron chi connectivity index (χ3n) is 4.07. The maximum Gasteiger partial charge on any atom is 0.0807 e. The lowest BCUT2D eigenvalue weighted by Crippen LogP contribution is -2.43. The number of benzene rings is 1. The number of aliphatic hydroxyl groups excluding tert-OH is 1. The van der Waals surface area contributed by atoms with Crippen molar-refractivity contribution in [3.05, 3.63) is 29.8 Å². The van der Waals surface area contributed by atoms with Crippen LogP contribution < -0.4 is 4.90 Å². The van der Waals surface area contributed by atoms with Gasteiger partial charge in [-0.2, -0.15) is 0 Å². The van der Waals surface area contributed by atoms with E-state index in [1.54, 1.807) is 0 Å². The quantitative estimate of drug-likeness (QED) is 0.890. The zero-order valence-corrected chi connectivity index (χ0v) is 10.9. The van der Waals surface area contributed by atoms with Gasteiger partial charge >= 0.3 is 0 Å². The molecule has 2 heterocycles. The number of nitrogens with zero attached hydrogens (tertiary/aromatic N) is 1. The highest BCUT2D eigenvalue weighted by atomic mass is 16.5. The first-order chi connectivity index (χ1) is 8.78. The molecule has 2 aliphatic heterocycles. The first-order valence-corrected chi connectivity index (χ1v) is 6.95. The first-order valence-electron chi connectivity index (χ1n) is 6.95. The molecule has 2 fully saturated rings. The minimum atomic E-state index is -0.360. The summed E-state index contributed by atoms with van der Waals surface area (Å²) in [5.41, 5.74) is 2.24. The average molecular weight is 247 g/mol. The molecule has 0 aliphatic carbocycles. The Morgan fingerprint density at radius 3 is 2.61 bits per heavy atom. The third-order valence-corrected chi connectivity index (χ3v) is 4.07. The van der Waals surface area contributed by atoms with Gasteiger partial charge < -0.3 is 14.7 Å². The SMILES string of the molecule is CC[C@@H](O)c1ccccc1N1CC2CCC(C1)O2. The number of hydrogen-bond donors (Lipinski definition) is 1. The van der Waals surface area contributed by atoms with Gasteiger partial charge in [0.25, 0.3) is 0 Å². The van der Waals surface area contributed by atoms with Crippen molar-refractivity contribution < 1.29 is 9.84 Å². The Bertz CT molecular complexity index is 409. The summed E-state index contributed by atoms with van der Waals surface area (Å²) in [6, 6.07) is 8.23. The van der Waals surface area contributed by atoms with Gasteiger partial charge in [0.1, 0.15) is 0 Å². The summed E-state index contributed by atoms with van der Waals surface area (Å²) in [7, 11) is 0. The smallest absolute Gasteiger partial charge is 0.0807 e. The van der Waals surface area contributed by atoms with Crippen molar-refractivity contribution in [1.29, 1.82) is 0 Å². The van der Waals surface area contributed by atoms with Crippen molar-refractivity contribution in [3.8, 4) is 0 Å². The summed E-state index contributed by atoms with van der Waals surface area (Å²) in [6.45, 7) is 3.94. The second kappa shape index (κ2) is 4.90. The molecular formula is C15H21NO2. The molecule has 2 saturated heterocycles. The van der Waals surface area contributed by atoms with E-state index in [4.69, 9.17) is 4.74 Å². The van der Waals surface area contributed by atoms with E-state index in [2.05, 4.69) is 17.0 Å². The van der Waals surface area contributed by atoms with Gasteiger partial charge in [0, 0.05) is 24.3 Å². The van der Waals surface area contributed by atoms with Crippen molar-refractivity contribution in [3.63, 3.8) is 0 Å². The van der Waals surface area contributed by atoms with E-state index in [1.165, 1.54) is 18.5 Å². The molecule has 2 aliphatic rings. The van der Waals surface area contributed by atoms with Gasteiger partial charge in [0.05, 0.1) is 18.3 Å². The van der Waals surface area contributed by atoms with Gasteiger partial charge in [-0.15, -0.1) is 0 Å². The highest BCUT2D eigenvalue weighted by Crippen LogP contribution is 2.34. The molecule has 2 bridgehead atoms. The fourth-order valence-electron chi connectivity index (χ4n) is 3.09. The number of hydrogen-bond acceptors (Lipinski definition) is 3. The Kier molecular flexibility index (Phi) is 3.27. The van der Waals surface area contributed by atoms with Crippen LogP contribution in [0.2, 0.25) is 0 Å². The maximum atomic E-state index is 10.1. The lowest BCUT2D eigenvalue weighted by molar-refractivity contribution is 0.0302. The molecule has 1 N–H and O–H groups in total. The number of anilines is 1. The van der Waals surface area contributed by atoms with Gasteiger partial charge in [-0.25, -0.2) is 0 Å². The predicted molar refractivity (Wildman–Crippen MR) is 71.8 cm³/mol. The Balaban J connectivity index is 1.87. The van der Waals surface area contributed by atoms with Gasteiger partial charge in [0.15, 0.2) is 0 Å². The number of ether oxygens (including phenoxy) is 1. The molecule has 0 aromatic heterocycles. The van der Waals surface area contributed by atoms with Crippen molar-refractivity contribution >= 4 is 5.69 Å². The summed E-state index contributed by atoms with van der Waals surface area (Å²) in [4.78, 5) is 2.39. The Morgan fingerprint density at radius 1 is 1.28 bits per heavy atom. The number of para-hydroxylation sites is 1. The summed E-state index contributed by atoms with van der Waals surface area (Å²) in [5.74, 6) is 0. The minimum Gasteiger partial charge on any atom is -0.388 e. The van der Waals surface area contributed by atoms with Crippen LogP contribution in [-0.2, 0) is 4.74 Å². The fourth-order valence-corrected chi connectivity index (χ4v) is 3.09. The Hall–Kier alpha value is -1.06. The highest BCUT2D eigenvalue weighted by molar-refractivity contribution is 5.55. The van der Waals surface area contributed by atoms with Crippen LogP contribution in [0.3, 0.4) is 0 Å². The predicted octanol–water partition coefficient (Wildman–Crippen LogP) is 2.50. The van der Waals surface area contributed by atoms with Crippen LogP contribution in [0.1, 0.15) is 37.9 Å². The van der Waals surface area contributed by atoms with E-state index in [9.17, 15) is 5.11 Å². The molecule has 3 rings (SSSR count). The highest BCUT2D eigenvalue weighted by Gasteiger charge is 2.34. The van der Waals surface area contributed by atoms with Gasteiger partial charge in [0.2, 0.25) is 0 Å². The van der Waals surface area contributed by atoms with Crippen LogP contribution in [0.5, 0.6) is 0 Å². The zero-order valence-electron chi connectivity index (χ0n) is 10.9. The standard InChI is InChI=1S/C15H21NO2/c1-2-15(17)13-5-3-4-6-14(13)16-9-11-7-8-12(10-16)18-11/h3-6,11-12,15,17H,2,7-10H2,1H3/t11?,12?,15-/m1/s1. The van der Waals surface area contributed by atoms with Gasteiger partial charge in [-0.3, -0.25) is 0 Å². The molecule has 98 valence electrons. The molecular weight excluding hydrogens is 226 g/mol. The number of aliphatic hydroxyl groups is 1. The number of fused-ring (bicyclic) bond motifs is 2. The van der Waals surface area contributed by atoms with Crippen LogP contribution in [0.25, 0.3) is 0 Å². The van der Waals surface area contributed by atoms with Crippen LogP contribution in [0.4, 0.5) is 5.69 Å². The van der Waals surface area contributed by atoms with E-state index in [-0.39, 0.29) is 6.10 Å². The molecule has 1 aromatic carbocycles. The molecule has 0 radical (unpaired) electrons. The van der Waals surface area contributed by atoms with Gasteiger partial charge in [-0.05, 0) is 25.3 Å². The largest absolute Gasteiger partial charge is 0.388 e. The topological polar surface area (TPSA) is 32.7 Å². The molecule has 0 spiro atoms. The van der Waals surface area contributed by atoms with Crippen LogP contribution in [0.15, 0.2) is 24.3 Å². The summed E-state index contributed by atoms with van der Waals surface area (Å²) < 4.78 is 5.87. The van der Waals surface area contributed by atoms with Crippen LogP contribution >= 0.6 is 0 Å². The van der Waals surface area contributed by atoms with Crippen molar-refractivity contribution in [2.45, 2.75) is 44.5 Å². The minimum absolute atomic E-state index is 0.360. The van der Waals surface area contributed by atoms with Crippen LogP contribution in [0, 0.1) is 0 Å². The second-order valence-electron chi connectivity index (χ2n) is 5.35. The normalized spacial score (nSPS) is 28.4. The zero-order chi connectivity index (χ0) is 12.5. The molecule has 0 amide bonds. The molecule has 3 heteroatoms. The molecule has 0 saturated carbocycles. The molecule has 3 atom stereocenters. The van der Waals surface area contributed by atoms with Crippen LogP contribution in [-0.4, -0.2) is 30.4 Å². The Labute approximate surface area is 108 Å². The second-order valence-corrected chi connectivity index (χ2v) is 5.35. The lowest BCUT2D eigenvalue weighted by atomic mass is 10.0. The van der Waals surface area contributed by atoms with E-state index in [0.717, 1.165) is 25.1 Å². The van der Waals surface area contributed by atoms with E-state index >= 15 is 0 Å². The maximum absolute atomic E-state index is 10.1. The number of rotatable bonds is 3. The van der Waals surface area contributed by atoms with E-state index < -0.39 is 0 Å². The monoisotopic (exact) mass is 247 g/mol. The average Bonchev–Trinajstić information content (AvgIpc) is 2.76. The molecule has 18 heavy (non-hydrogen) atoms. The lowest BCUT2D eigenvalue weighted by Gasteiger charge is -2.35.